The van der Waals surface area contributed by atoms with Crippen molar-refractivity contribution in [2.24, 2.45) is 0 Å². The number of benzene rings is 2. The number of aldehydes is 1. The van der Waals surface area contributed by atoms with E-state index in [-0.39, 0.29) is 5.57 Å². The van der Waals surface area contributed by atoms with Crippen molar-refractivity contribution in [3.63, 3.8) is 0 Å². The zero-order chi connectivity index (χ0) is 15.4. The van der Waals surface area contributed by atoms with Gasteiger partial charge in [-0.3, -0.25) is 4.79 Å². The van der Waals surface area contributed by atoms with Crippen molar-refractivity contribution in [3.8, 4) is 6.07 Å². The summed E-state index contributed by atoms with van der Waals surface area (Å²) in [6.07, 6.45) is 6.07. The van der Waals surface area contributed by atoms with Crippen molar-refractivity contribution in [2.45, 2.75) is 19.3 Å². The molecule has 0 N–H and O–H groups in total. The van der Waals surface area contributed by atoms with Gasteiger partial charge in [0.25, 0.3) is 0 Å². The van der Waals surface area contributed by atoms with Gasteiger partial charge in [-0.05, 0) is 59.9 Å². The maximum atomic E-state index is 10.7. The molecular formula is C19H18N2O. The molecule has 22 heavy (non-hydrogen) atoms. The lowest BCUT2D eigenvalue weighted by Gasteiger charge is -2.29. The molecule has 0 aliphatic carbocycles. The average molecular weight is 290 g/mol. The summed E-state index contributed by atoms with van der Waals surface area (Å²) < 4.78 is 0. The SMILES string of the molecule is N#CC(C=O)=Cc1ccc2cc(N3CCCCC3)ccc2c1. The van der Waals surface area contributed by atoms with Crippen LogP contribution in [0.2, 0.25) is 0 Å². The van der Waals surface area contributed by atoms with Crippen LogP contribution in [0.4, 0.5) is 5.69 Å². The Balaban J connectivity index is 1.93. The standard InChI is InChI=1S/C19H18N2O/c20-13-16(14-22)10-15-4-5-18-12-19(7-6-17(18)11-15)21-8-2-1-3-9-21/h4-7,10-12,14H,1-3,8-9H2. The molecule has 0 saturated carbocycles. The van der Waals surface area contributed by atoms with Gasteiger partial charge in [-0.15, -0.1) is 0 Å². The summed E-state index contributed by atoms with van der Waals surface area (Å²) in [5.74, 6) is 0. The van der Waals surface area contributed by atoms with Crippen molar-refractivity contribution in [2.75, 3.05) is 18.0 Å². The van der Waals surface area contributed by atoms with Gasteiger partial charge in [-0.2, -0.15) is 5.26 Å². The number of anilines is 1. The molecule has 0 aromatic heterocycles. The Hall–Kier alpha value is -2.60. The third kappa shape index (κ3) is 3.01. The highest BCUT2D eigenvalue weighted by atomic mass is 16.1. The molecule has 1 saturated heterocycles. The zero-order valence-electron chi connectivity index (χ0n) is 12.5. The van der Waals surface area contributed by atoms with Crippen LogP contribution in [-0.2, 0) is 4.79 Å². The highest BCUT2D eigenvalue weighted by Crippen LogP contribution is 2.26. The number of allylic oxidation sites excluding steroid dienone is 1. The Labute approximate surface area is 130 Å². The molecule has 2 aromatic carbocycles. The van der Waals surface area contributed by atoms with Gasteiger partial charge in [0.1, 0.15) is 6.07 Å². The molecule has 0 bridgehead atoms. The first-order valence-electron chi connectivity index (χ1n) is 7.66. The van der Waals surface area contributed by atoms with Crippen LogP contribution in [0.1, 0.15) is 24.8 Å². The van der Waals surface area contributed by atoms with Crippen LogP contribution in [0.15, 0.2) is 42.0 Å². The first kappa shape index (κ1) is 14.3. The quantitative estimate of drug-likeness (QED) is 0.488. The summed E-state index contributed by atoms with van der Waals surface area (Å²) in [6.45, 7) is 2.27. The molecule has 110 valence electrons. The van der Waals surface area contributed by atoms with Crippen molar-refractivity contribution in [1.29, 1.82) is 5.26 Å². The fourth-order valence-corrected chi connectivity index (χ4v) is 2.96. The molecule has 3 nitrogen and oxygen atoms in total. The number of carbonyl (C=O) groups is 1. The molecule has 3 heteroatoms. The zero-order valence-corrected chi connectivity index (χ0v) is 12.5. The number of carbonyl (C=O) groups excluding carboxylic acids is 1. The second-order valence-corrected chi connectivity index (χ2v) is 5.67. The van der Waals surface area contributed by atoms with Gasteiger partial charge in [0.15, 0.2) is 6.29 Å². The van der Waals surface area contributed by atoms with E-state index >= 15 is 0 Å². The summed E-state index contributed by atoms with van der Waals surface area (Å²) in [4.78, 5) is 13.2. The molecule has 0 atom stereocenters. The molecule has 3 rings (SSSR count). The molecule has 1 heterocycles. The van der Waals surface area contributed by atoms with E-state index < -0.39 is 0 Å². The van der Waals surface area contributed by atoms with Gasteiger partial charge in [0, 0.05) is 18.8 Å². The van der Waals surface area contributed by atoms with Crippen LogP contribution in [-0.4, -0.2) is 19.4 Å². The Morgan fingerprint density at radius 1 is 1.05 bits per heavy atom. The third-order valence-electron chi connectivity index (χ3n) is 4.15. The third-order valence-corrected chi connectivity index (χ3v) is 4.15. The second-order valence-electron chi connectivity index (χ2n) is 5.67. The summed E-state index contributed by atoms with van der Waals surface area (Å²) in [5, 5.41) is 11.1. The number of piperidine rings is 1. The molecule has 1 fully saturated rings. The van der Waals surface area contributed by atoms with Crippen LogP contribution in [0.5, 0.6) is 0 Å². The molecule has 2 aromatic rings. The van der Waals surface area contributed by atoms with E-state index in [0.717, 1.165) is 24.0 Å². The Morgan fingerprint density at radius 2 is 1.77 bits per heavy atom. The summed E-state index contributed by atoms with van der Waals surface area (Å²) in [6, 6.07) is 14.4. The maximum Gasteiger partial charge on any atom is 0.160 e. The van der Waals surface area contributed by atoms with Crippen LogP contribution < -0.4 is 4.90 Å². The van der Waals surface area contributed by atoms with Crippen molar-refractivity contribution >= 4 is 28.8 Å². The molecule has 0 radical (unpaired) electrons. The Bertz CT molecular complexity index is 765. The summed E-state index contributed by atoms with van der Waals surface area (Å²) >= 11 is 0. The smallest absolute Gasteiger partial charge is 0.160 e. The topological polar surface area (TPSA) is 44.1 Å². The van der Waals surface area contributed by atoms with E-state index in [9.17, 15) is 4.79 Å². The lowest BCUT2D eigenvalue weighted by Crippen LogP contribution is -2.29. The highest BCUT2D eigenvalue weighted by Gasteiger charge is 2.11. The van der Waals surface area contributed by atoms with E-state index in [1.165, 1.54) is 30.3 Å². The van der Waals surface area contributed by atoms with Crippen molar-refractivity contribution in [3.05, 3.63) is 47.5 Å². The van der Waals surface area contributed by atoms with Crippen LogP contribution >= 0.6 is 0 Å². The second kappa shape index (κ2) is 6.44. The largest absolute Gasteiger partial charge is 0.372 e. The van der Waals surface area contributed by atoms with Crippen LogP contribution in [0.3, 0.4) is 0 Å². The molecule has 0 amide bonds. The van der Waals surface area contributed by atoms with E-state index in [2.05, 4.69) is 29.2 Å². The minimum Gasteiger partial charge on any atom is -0.372 e. The van der Waals surface area contributed by atoms with Gasteiger partial charge in [-0.25, -0.2) is 0 Å². The molecule has 0 spiro atoms. The Morgan fingerprint density at radius 3 is 2.50 bits per heavy atom. The fraction of sp³-hybridized carbons (Fsp3) is 0.263. The molecule has 1 aliphatic rings. The van der Waals surface area contributed by atoms with E-state index in [1.54, 1.807) is 6.08 Å². The Kier molecular flexibility index (Phi) is 4.20. The molecule has 1 aliphatic heterocycles. The van der Waals surface area contributed by atoms with Crippen molar-refractivity contribution in [1.82, 2.24) is 0 Å². The predicted octanol–water partition coefficient (Wildman–Crippen LogP) is 3.94. The minimum atomic E-state index is 0.143. The number of hydrogen-bond donors (Lipinski definition) is 0. The van der Waals surface area contributed by atoms with Gasteiger partial charge < -0.3 is 4.90 Å². The number of hydrogen-bond acceptors (Lipinski definition) is 3. The predicted molar refractivity (Wildman–Crippen MR) is 89.7 cm³/mol. The lowest BCUT2D eigenvalue weighted by molar-refractivity contribution is -0.104. The number of nitriles is 1. The van der Waals surface area contributed by atoms with Crippen LogP contribution in [0.25, 0.3) is 16.8 Å². The molecule has 0 unspecified atom stereocenters. The van der Waals surface area contributed by atoms with Gasteiger partial charge in [-0.1, -0.05) is 18.2 Å². The minimum absolute atomic E-state index is 0.143. The van der Waals surface area contributed by atoms with Gasteiger partial charge in [0.05, 0.1) is 5.57 Å². The number of fused-ring (bicyclic) bond motifs is 1. The van der Waals surface area contributed by atoms with Gasteiger partial charge in [0.2, 0.25) is 0 Å². The van der Waals surface area contributed by atoms with E-state index in [1.807, 2.05) is 18.2 Å². The summed E-state index contributed by atoms with van der Waals surface area (Å²) in [5.41, 5.74) is 2.30. The first-order chi connectivity index (χ1) is 10.8. The number of nitrogens with zero attached hydrogens (tertiary/aromatic N) is 2. The monoisotopic (exact) mass is 290 g/mol. The van der Waals surface area contributed by atoms with E-state index in [4.69, 9.17) is 5.26 Å². The first-order valence-corrected chi connectivity index (χ1v) is 7.66. The lowest BCUT2D eigenvalue weighted by atomic mass is 10.0. The maximum absolute atomic E-state index is 10.7. The normalized spacial score (nSPS) is 15.6. The van der Waals surface area contributed by atoms with Gasteiger partial charge >= 0.3 is 0 Å². The van der Waals surface area contributed by atoms with Crippen molar-refractivity contribution < 1.29 is 4.79 Å². The highest BCUT2D eigenvalue weighted by molar-refractivity contribution is 5.91. The van der Waals surface area contributed by atoms with Crippen LogP contribution in [0, 0.1) is 11.3 Å². The summed E-state index contributed by atoms with van der Waals surface area (Å²) in [7, 11) is 0. The average Bonchev–Trinajstić information content (AvgIpc) is 2.60. The fourth-order valence-electron chi connectivity index (χ4n) is 2.96. The number of rotatable bonds is 3. The van der Waals surface area contributed by atoms with E-state index in [0.29, 0.717) is 6.29 Å². The molecular weight excluding hydrogens is 272 g/mol.